The molecule has 2 bridgehead atoms. The molecule has 1 aliphatic heterocycles. The van der Waals surface area contributed by atoms with E-state index < -0.39 is 6.09 Å². The molecule has 13 heteroatoms. The topological polar surface area (TPSA) is 140 Å². The average Bonchev–Trinajstić information content (AvgIpc) is 3.65. The summed E-state index contributed by atoms with van der Waals surface area (Å²) in [6, 6.07) is 10.5. The maximum Gasteiger partial charge on any atom is 0.411 e. The number of tetrazole rings is 1. The van der Waals surface area contributed by atoms with Crippen LogP contribution in [0.3, 0.4) is 0 Å². The third kappa shape index (κ3) is 7.15. The molecule has 1 aliphatic rings. The van der Waals surface area contributed by atoms with Gasteiger partial charge in [0.15, 0.2) is 0 Å². The summed E-state index contributed by atoms with van der Waals surface area (Å²) in [5.41, 5.74) is 4.49. The van der Waals surface area contributed by atoms with Crippen LogP contribution in [-0.4, -0.2) is 49.3 Å². The van der Waals surface area contributed by atoms with Gasteiger partial charge in [-0.05, 0) is 71.7 Å². The fourth-order valence-electron chi connectivity index (χ4n) is 4.99. The zero-order valence-electron chi connectivity index (χ0n) is 22.9. The molecule has 0 saturated carbocycles. The minimum absolute atomic E-state index is 0.292. The fraction of sp³-hybridized carbons (Fsp3) is 0.310. The minimum Gasteiger partial charge on any atom is -0.453 e. The highest BCUT2D eigenvalue weighted by molar-refractivity contribution is 6.32. The van der Waals surface area contributed by atoms with Crippen molar-refractivity contribution in [2.75, 3.05) is 12.4 Å². The Bertz CT molecular complexity index is 1590. The van der Waals surface area contributed by atoms with Crippen LogP contribution in [0.25, 0.3) is 23.0 Å². The summed E-state index contributed by atoms with van der Waals surface area (Å²) in [5.74, 6) is 0.288. The first kappa shape index (κ1) is 29.3. The van der Waals surface area contributed by atoms with Gasteiger partial charge in [0.2, 0.25) is 5.91 Å². The fourth-order valence-corrected chi connectivity index (χ4v) is 5.41. The lowest BCUT2D eigenvalue weighted by Crippen LogP contribution is -2.27. The molecule has 11 nitrogen and oxygen atoms in total. The Balaban J connectivity index is 1.40. The van der Waals surface area contributed by atoms with E-state index in [-0.39, 0.29) is 11.9 Å². The number of hydrogen-bond donors (Lipinski definition) is 3. The van der Waals surface area contributed by atoms with Crippen LogP contribution in [0.2, 0.25) is 10.2 Å². The molecule has 5 rings (SSSR count). The first-order valence-corrected chi connectivity index (χ1v) is 14.4. The summed E-state index contributed by atoms with van der Waals surface area (Å²) < 4.78 is 6.24. The smallest absolute Gasteiger partial charge is 0.411 e. The number of nitrogens with zero attached hydrogens (tertiary/aromatic N) is 5. The van der Waals surface area contributed by atoms with Gasteiger partial charge >= 0.3 is 6.09 Å². The van der Waals surface area contributed by atoms with Crippen molar-refractivity contribution in [1.29, 1.82) is 0 Å². The molecular formula is C29H30Cl2N8O3. The van der Waals surface area contributed by atoms with E-state index in [1.807, 2.05) is 12.1 Å². The number of nitrogens with one attached hydrogen (secondary N) is 3. The number of carbonyl (C=O) groups is 2. The Labute approximate surface area is 252 Å². The molecule has 0 saturated heterocycles. The average molecular weight is 610 g/mol. The van der Waals surface area contributed by atoms with Crippen molar-refractivity contribution in [3.05, 3.63) is 75.9 Å². The Kier molecular flexibility index (Phi) is 9.50. The first-order valence-electron chi connectivity index (χ1n) is 13.7. The number of methoxy groups -OCH3 is 1. The molecule has 3 heterocycles. The molecule has 1 atom stereocenters. The number of benzene rings is 2. The highest BCUT2D eigenvalue weighted by Gasteiger charge is 2.22. The summed E-state index contributed by atoms with van der Waals surface area (Å²) in [6.45, 7) is 0. The van der Waals surface area contributed by atoms with Gasteiger partial charge in [0, 0.05) is 27.9 Å². The van der Waals surface area contributed by atoms with Gasteiger partial charge in [-0.3, -0.25) is 10.1 Å². The Hall–Kier alpha value is -4.22. The molecular weight excluding hydrogens is 579 g/mol. The van der Waals surface area contributed by atoms with Gasteiger partial charge in [-0.2, -0.15) is 4.68 Å². The lowest BCUT2D eigenvalue weighted by Gasteiger charge is -2.16. The Morgan fingerprint density at radius 1 is 1.10 bits per heavy atom. The molecule has 2 aromatic heterocycles. The van der Waals surface area contributed by atoms with Crippen molar-refractivity contribution in [2.45, 2.75) is 51.0 Å². The zero-order valence-corrected chi connectivity index (χ0v) is 24.5. The number of halogens is 2. The molecule has 0 radical (unpaired) electrons. The third-order valence-electron chi connectivity index (χ3n) is 7.06. The van der Waals surface area contributed by atoms with E-state index in [2.05, 4.69) is 31.1 Å². The molecule has 2 aromatic carbocycles. The summed E-state index contributed by atoms with van der Waals surface area (Å²) in [4.78, 5) is 33.0. The van der Waals surface area contributed by atoms with Gasteiger partial charge in [0.25, 0.3) is 0 Å². The second-order valence-corrected chi connectivity index (χ2v) is 10.7. The van der Waals surface area contributed by atoms with Crippen molar-refractivity contribution < 1.29 is 14.3 Å². The highest BCUT2D eigenvalue weighted by atomic mass is 35.5. The molecule has 3 N–H and O–H groups in total. The first-order chi connectivity index (χ1) is 20.4. The standard InChI is InChI=1S/C29H30Cl2N8O3/c1-42-29(41)33-21-11-12-22-18(16-21)7-5-3-2-4-6-8-23(28-35-26(22)27(31)36-28)34-25(40)14-9-19-15-20(30)10-13-24(19)39-17-32-37-38-39/h9-17,23H,2-8H2,1H3,(H,33,41)(H,34,40)(H,35,36)/b14-9+/t23-/m0/s1. The van der Waals surface area contributed by atoms with E-state index in [0.717, 1.165) is 49.7 Å². The Morgan fingerprint density at radius 2 is 1.93 bits per heavy atom. The monoisotopic (exact) mass is 608 g/mol. The number of aromatic nitrogens is 6. The number of carbonyl (C=O) groups excluding carboxylic acids is 2. The SMILES string of the molecule is COC(=O)Nc1ccc2c(c1)CCCCCCC[C@H](NC(=O)/C=C/c1cc(Cl)ccc1-n1cnnn1)c1nc-2c(Cl)[nH]1. The number of H-pyrrole nitrogens is 1. The number of imidazole rings is 1. The molecule has 2 amide bonds. The Morgan fingerprint density at radius 3 is 2.74 bits per heavy atom. The summed E-state index contributed by atoms with van der Waals surface area (Å²) in [5, 5.41) is 18.0. The number of anilines is 1. The number of amides is 2. The number of aromatic amines is 1. The third-order valence-corrected chi connectivity index (χ3v) is 7.56. The molecule has 4 aromatic rings. The van der Waals surface area contributed by atoms with Gasteiger partial charge in [-0.25, -0.2) is 9.78 Å². The van der Waals surface area contributed by atoms with Gasteiger partial charge < -0.3 is 15.0 Å². The van der Waals surface area contributed by atoms with Crippen LogP contribution in [0.5, 0.6) is 0 Å². The van der Waals surface area contributed by atoms with Gasteiger partial charge in [0.1, 0.15) is 23.0 Å². The molecule has 0 unspecified atom stereocenters. The lowest BCUT2D eigenvalue weighted by atomic mass is 9.98. The van der Waals surface area contributed by atoms with Crippen LogP contribution in [0.15, 0.2) is 48.8 Å². The van der Waals surface area contributed by atoms with Crippen molar-refractivity contribution in [3.63, 3.8) is 0 Å². The predicted octanol–water partition coefficient (Wildman–Crippen LogP) is 6.30. The van der Waals surface area contributed by atoms with Crippen LogP contribution >= 0.6 is 23.2 Å². The molecule has 0 spiro atoms. The lowest BCUT2D eigenvalue weighted by molar-refractivity contribution is -0.117. The normalized spacial score (nSPS) is 15.6. The highest BCUT2D eigenvalue weighted by Crippen LogP contribution is 2.34. The van der Waals surface area contributed by atoms with Crippen LogP contribution in [-0.2, 0) is 16.0 Å². The van der Waals surface area contributed by atoms with Crippen LogP contribution in [0, 0.1) is 0 Å². The quantitative estimate of drug-likeness (QED) is 0.226. The number of ether oxygens (including phenoxy) is 1. The second kappa shape index (κ2) is 13.6. The molecule has 42 heavy (non-hydrogen) atoms. The van der Waals surface area contributed by atoms with Crippen LogP contribution < -0.4 is 10.6 Å². The second-order valence-electron chi connectivity index (χ2n) is 9.93. The summed E-state index contributed by atoms with van der Waals surface area (Å²) in [7, 11) is 1.33. The summed E-state index contributed by atoms with van der Waals surface area (Å²) in [6.07, 6.45) is 10.7. The van der Waals surface area contributed by atoms with Crippen LogP contribution in [0.4, 0.5) is 10.5 Å². The van der Waals surface area contributed by atoms with Crippen LogP contribution in [0.1, 0.15) is 61.5 Å². The van der Waals surface area contributed by atoms with E-state index >= 15 is 0 Å². The largest absolute Gasteiger partial charge is 0.453 e. The van der Waals surface area contributed by atoms with E-state index in [4.69, 9.17) is 32.9 Å². The predicted molar refractivity (Wildman–Crippen MR) is 161 cm³/mol. The van der Waals surface area contributed by atoms with Gasteiger partial charge in [-0.15, -0.1) is 5.10 Å². The van der Waals surface area contributed by atoms with Gasteiger partial charge in [0.05, 0.1) is 18.8 Å². The summed E-state index contributed by atoms with van der Waals surface area (Å²) >= 11 is 12.9. The molecule has 0 fully saturated rings. The maximum atomic E-state index is 13.2. The van der Waals surface area contributed by atoms with E-state index in [0.29, 0.717) is 45.1 Å². The molecule has 0 aliphatic carbocycles. The van der Waals surface area contributed by atoms with Gasteiger partial charge in [-0.1, -0.05) is 55.0 Å². The number of rotatable bonds is 5. The minimum atomic E-state index is -0.533. The van der Waals surface area contributed by atoms with Crippen molar-refractivity contribution in [2.24, 2.45) is 0 Å². The number of hydrogen-bond acceptors (Lipinski definition) is 7. The van der Waals surface area contributed by atoms with E-state index in [1.165, 1.54) is 24.2 Å². The van der Waals surface area contributed by atoms with E-state index in [9.17, 15) is 9.59 Å². The van der Waals surface area contributed by atoms with Crippen molar-refractivity contribution in [1.82, 2.24) is 35.5 Å². The maximum absolute atomic E-state index is 13.2. The van der Waals surface area contributed by atoms with Crippen molar-refractivity contribution >= 4 is 47.0 Å². The number of fused-ring (bicyclic) bond motifs is 4. The van der Waals surface area contributed by atoms with Crippen molar-refractivity contribution in [3.8, 4) is 16.9 Å². The molecule has 218 valence electrons. The van der Waals surface area contributed by atoms with E-state index in [1.54, 1.807) is 30.3 Å². The number of aryl methyl sites for hydroxylation is 1. The zero-order chi connectivity index (χ0) is 29.5.